The number of anilines is 1. The quantitative estimate of drug-likeness (QED) is 0.642. The summed E-state index contributed by atoms with van der Waals surface area (Å²) >= 11 is 5.97. The zero-order valence-electron chi connectivity index (χ0n) is 11.9. The first kappa shape index (κ1) is 14.1. The zero-order chi connectivity index (χ0) is 16.2. The van der Waals surface area contributed by atoms with Crippen molar-refractivity contribution >= 4 is 34.0 Å². The Morgan fingerprint density at radius 3 is 2.61 bits per heavy atom. The van der Waals surface area contributed by atoms with Crippen LogP contribution in [-0.2, 0) is 10.4 Å². The molecule has 1 aliphatic heterocycles. The number of aliphatic hydroxyl groups is 1. The summed E-state index contributed by atoms with van der Waals surface area (Å²) in [7, 11) is 0. The van der Waals surface area contributed by atoms with Gasteiger partial charge in [-0.15, -0.1) is 0 Å². The highest BCUT2D eigenvalue weighted by molar-refractivity contribution is 6.30. The van der Waals surface area contributed by atoms with Crippen LogP contribution in [0.25, 0.3) is 10.8 Å². The van der Waals surface area contributed by atoms with E-state index >= 15 is 0 Å². The molecule has 4 rings (SSSR count). The smallest absolute Gasteiger partial charge is 0.266 e. The van der Waals surface area contributed by atoms with Crippen molar-refractivity contribution in [3.05, 3.63) is 70.7 Å². The molecule has 3 aromatic rings. The minimum atomic E-state index is -1.98. The highest BCUT2D eigenvalue weighted by Crippen LogP contribution is 2.46. The largest absolute Gasteiger partial charge is 0.508 e. The monoisotopic (exact) mass is 325 g/mol. The van der Waals surface area contributed by atoms with Gasteiger partial charge in [0.05, 0.1) is 5.69 Å². The number of carbonyl (C=O) groups excluding carboxylic acids is 1. The maximum Gasteiger partial charge on any atom is 0.266 e. The van der Waals surface area contributed by atoms with Crippen LogP contribution in [0.5, 0.6) is 5.75 Å². The summed E-state index contributed by atoms with van der Waals surface area (Å²) in [5.41, 5.74) is -0.959. The average Bonchev–Trinajstić information content (AvgIpc) is 2.82. The molecule has 1 amide bonds. The third kappa shape index (κ3) is 1.86. The summed E-state index contributed by atoms with van der Waals surface area (Å²) in [4.78, 5) is 12.5. The van der Waals surface area contributed by atoms with E-state index in [1.165, 1.54) is 18.2 Å². The number of nitrogens with one attached hydrogen (secondary N) is 1. The van der Waals surface area contributed by atoms with Crippen LogP contribution in [0.15, 0.2) is 54.6 Å². The van der Waals surface area contributed by atoms with Crippen LogP contribution in [0.3, 0.4) is 0 Å². The van der Waals surface area contributed by atoms with E-state index in [0.29, 0.717) is 16.3 Å². The minimum absolute atomic E-state index is 0.0662. The molecule has 0 saturated heterocycles. The average molecular weight is 326 g/mol. The fourth-order valence-corrected chi connectivity index (χ4v) is 3.27. The summed E-state index contributed by atoms with van der Waals surface area (Å²) in [5, 5.41) is 26.1. The lowest BCUT2D eigenvalue weighted by molar-refractivity contribution is -0.129. The lowest BCUT2D eigenvalue weighted by Crippen LogP contribution is -2.35. The molecule has 3 N–H and O–H groups in total. The molecule has 0 bridgehead atoms. The van der Waals surface area contributed by atoms with Gasteiger partial charge in [-0.05, 0) is 23.6 Å². The SMILES string of the molecule is O=C1Nc2c(ccc3ccccc23)C1(O)c1cc(Cl)ccc1O. The van der Waals surface area contributed by atoms with Gasteiger partial charge in [-0.25, -0.2) is 0 Å². The Kier molecular flexibility index (Phi) is 2.88. The Labute approximate surface area is 136 Å². The number of aromatic hydroxyl groups is 1. The van der Waals surface area contributed by atoms with Gasteiger partial charge in [-0.1, -0.05) is 48.0 Å². The van der Waals surface area contributed by atoms with Gasteiger partial charge in [0.25, 0.3) is 5.91 Å². The second-order valence-corrected chi connectivity index (χ2v) is 5.97. The predicted octanol–water partition coefficient (Wildman–Crippen LogP) is 3.39. The first-order chi connectivity index (χ1) is 11.0. The molecule has 0 spiro atoms. The van der Waals surface area contributed by atoms with Crippen molar-refractivity contribution in [1.29, 1.82) is 0 Å². The van der Waals surface area contributed by atoms with E-state index in [1.807, 2.05) is 30.3 Å². The number of benzene rings is 3. The maximum atomic E-state index is 12.5. The highest BCUT2D eigenvalue weighted by Gasteiger charge is 2.49. The standard InChI is InChI=1S/C18H12ClNO3/c19-11-6-8-15(21)14(9-11)18(23)13-7-5-10-3-1-2-4-12(10)16(13)20-17(18)22/h1-9,21,23H,(H,20,22). The number of rotatable bonds is 1. The van der Waals surface area contributed by atoms with Gasteiger partial charge in [0, 0.05) is 21.5 Å². The van der Waals surface area contributed by atoms with Crippen LogP contribution < -0.4 is 5.32 Å². The molecule has 0 saturated carbocycles. The van der Waals surface area contributed by atoms with E-state index in [4.69, 9.17) is 11.6 Å². The van der Waals surface area contributed by atoms with Crippen molar-refractivity contribution in [2.45, 2.75) is 5.60 Å². The number of hydrogen-bond acceptors (Lipinski definition) is 3. The Bertz CT molecular complexity index is 970. The summed E-state index contributed by atoms with van der Waals surface area (Å²) in [6.07, 6.45) is 0. The molecular formula is C18H12ClNO3. The van der Waals surface area contributed by atoms with E-state index in [0.717, 1.165) is 10.8 Å². The summed E-state index contributed by atoms with van der Waals surface area (Å²) in [6, 6.07) is 15.4. The first-order valence-electron chi connectivity index (χ1n) is 7.07. The molecule has 23 heavy (non-hydrogen) atoms. The van der Waals surface area contributed by atoms with Crippen LogP contribution in [0.1, 0.15) is 11.1 Å². The molecule has 1 unspecified atom stereocenters. The second kappa shape index (κ2) is 4.72. The van der Waals surface area contributed by atoms with Crippen LogP contribution in [-0.4, -0.2) is 16.1 Å². The van der Waals surface area contributed by atoms with Gasteiger partial charge in [0.2, 0.25) is 0 Å². The molecule has 0 fully saturated rings. The van der Waals surface area contributed by atoms with E-state index in [9.17, 15) is 15.0 Å². The summed E-state index contributed by atoms with van der Waals surface area (Å²) in [5.74, 6) is -0.797. The first-order valence-corrected chi connectivity index (χ1v) is 7.44. The number of phenolic OH excluding ortho intramolecular Hbond substituents is 1. The van der Waals surface area contributed by atoms with Crippen molar-refractivity contribution in [3.63, 3.8) is 0 Å². The fraction of sp³-hybridized carbons (Fsp3) is 0.0556. The fourth-order valence-electron chi connectivity index (χ4n) is 3.10. The van der Waals surface area contributed by atoms with Crippen LogP contribution in [0, 0.1) is 0 Å². The van der Waals surface area contributed by atoms with Crippen LogP contribution in [0.2, 0.25) is 5.02 Å². The Morgan fingerprint density at radius 1 is 1.00 bits per heavy atom. The number of amides is 1. The van der Waals surface area contributed by atoms with Gasteiger partial charge < -0.3 is 15.5 Å². The number of hydrogen-bond donors (Lipinski definition) is 3. The number of carbonyl (C=O) groups is 1. The predicted molar refractivity (Wildman–Crippen MR) is 88.7 cm³/mol. The van der Waals surface area contributed by atoms with Gasteiger partial charge in [-0.2, -0.15) is 0 Å². The van der Waals surface area contributed by atoms with Crippen molar-refractivity contribution in [2.75, 3.05) is 5.32 Å². The lowest BCUT2D eigenvalue weighted by atomic mass is 9.86. The van der Waals surface area contributed by atoms with Crippen molar-refractivity contribution in [3.8, 4) is 5.75 Å². The molecule has 4 nitrogen and oxygen atoms in total. The molecule has 1 atom stereocenters. The topological polar surface area (TPSA) is 69.6 Å². The van der Waals surface area contributed by atoms with Crippen LogP contribution >= 0.6 is 11.6 Å². The molecule has 0 radical (unpaired) electrons. The third-order valence-electron chi connectivity index (χ3n) is 4.23. The molecule has 1 aliphatic rings. The van der Waals surface area contributed by atoms with Gasteiger partial charge in [-0.3, -0.25) is 4.79 Å². The molecule has 5 heteroatoms. The summed E-state index contributed by atoms with van der Waals surface area (Å²) < 4.78 is 0. The normalized spacial score (nSPS) is 19.7. The molecule has 1 heterocycles. The van der Waals surface area contributed by atoms with E-state index in [-0.39, 0.29) is 11.3 Å². The Balaban J connectivity index is 2.04. The van der Waals surface area contributed by atoms with E-state index in [1.54, 1.807) is 6.07 Å². The van der Waals surface area contributed by atoms with Crippen LogP contribution in [0.4, 0.5) is 5.69 Å². The minimum Gasteiger partial charge on any atom is -0.508 e. The number of phenols is 1. The van der Waals surface area contributed by atoms with Gasteiger partial charge in [0.15, 0.2) is 5.60 Å². The molecular weight excluding hydrogens is 314 g/mol. The maximum absolute atomic E-state index is 12.5. The Morgan fingerprint density at radius 2 is 1.78 bits per heavy atom. The zero-order valence-corrected chi connectivity index (χ0v) is 12.6. The highest BCUT2D eigenvalue weighted by atomic mass is 35.5. The van der Waals surface area contributed by atoms with E-state index in [2.05, 4.69) is 5.32 Å². The number of fused-ring (bicyclic) bond motifs is 3. The molecule has 0 aliphatic carbocycles. The lowest BCUT2D eigenvalue weighted by Gasteiger charge is -2.22. The Hall–Kier alpha value is -2.56. The van der Waals surface area contributed by atoms with Crippen molar-refractivity contribution in [1.82, 2.24) is 0 Å². The summed E-state index contributed by atoms with van der Waals surface area (Å²) in [6.45, 7) is 0. The molecule has 0 aromatic heterocycles. The van der Waals surface area contributed by atoms with E-state index < -0.39 is 11.5 Å². The third-order valence-corrected chi connectivity index (χ3v) is 4.47. The van der Waals surface area contributed by atoms with Gasteiger partial charge in [0.1, 0.15) is 5.75 Å². The molecule has 114 valence electrons. The van der Waals surface area contributed by atoms with Crippen molar-refractivity contribution < 1.29 is 15.0 Å². The number of halogens is 1. The molecule has 3 aromatic carbocycles. The van der Waals surface area contributed by atoms with Crippen molar-refractivity contribution in [2.24, 2.45) is 0 Å². The second-order valence-electron chi connectivity index (χ2n) is 5.54. The van der Waals surface area contributed by atoms with Gasteiger partial charge >= 0.3 is 0 Å².